The van der Waals surface area contributed by atoms with Gasteiger partial charge in [-0.3, -0.25) is 0 Å². The van der Waals surface area contributed by atoms with E-state index in [1.807, 2.05) is 18.2 Å². The van der Waals surface area contributed by atoms with Gasteiger partial charge in [-0.1, -0.05) is 30.3 Å². The van der Waals surface area contributed by atoms with Crippen molar-refractivity contribution in [1.29, 1.82) is 0 Å². The lowest BCUT2D eigenvalue weighted by molar-refractivity contribution is 1.77. The van der Waals surface area contributed by atoms with Crippen molar-refractivity contribution in [3.8, 4) is 0 Å². The molecular formula is C6H5Si2. The summed E-state index contributed by atoms with van der Waals surface area (Å²) in [7, 11) is 4.17. The minimum Gasteiger partial charge on any atom is -0.0623 e. The molecule has 0 saturated carbocycles. The first-order valence-electron chi connectivity index (χ1n) is 2.41. The molecule has 1 aromatic carbocycles. The van der Waals surface area contributed by atoms with Crippen molar-refractivity contribution >= 4 is 23.1 Å². The summed E-state index contributed by atoms with van der Waals surface area (Å²) in [5, 5.41) is 1.35. The summed E-state index contributed by atoms with van der Waals surface area (Å²) in [6, 6.07) is 10.3. The Kier molecular flexibility index (Phi) is 2.05. The van der Waals surface area contributed by atoms with E-state index in [1.54, 1.807) is 0 Å². The van der Waals surface area contributed by atoms with Gasteiger partial charge in [-0.15, -0.1) is 0 Å². The average molecular weight is 133 g/mol. The Morgan fingerprint density at radius 2 is 1.75 bits per heavy atom. The summed E-state index contributed by atoms with van der Waals surface area (Å²) in [5.41, 5.74) is 0. The molecule has 0 saturated heterocycles. The van der Waals surface area contributed by atoms with Crippen molar-refractivity contribution in [3.05, 3.63) is 30.3 Å². The Labute approximate surface area is 54.1 Å². The maximum absolute atomic E-state index is 3.43. The van der Waals surface area contributed by atoms with Gasteiger partial charge in [0, 0.05) is 17.9 Å². The van der Waals surface area contributed by atoms with E-state index in [9.17, 15) is 0 Å². The van der Waals surface area contributed by atoms with E-state index >= 15 is 0 Å². The Morgan fingerprint density at radius 3 is 2.12 bits per heavy atom. The van der Waals surface area contributed by atoms with Gasteiger partial charge in [0.25, 0.3) is 0 Å². The zero-order valence-electron chi connectivity index (χ0n) is 4.39. The van der Waals surface area contributed by atoms with Crippen molar-refractivity contribution in [2.45, 2.75) is 0 Å². The van der Waals surface area contributed by atoms with Crippen LogP contribution in [0.2, 0.25) is 0 Å². The predicted octanol–water partition coefficient (Wildman–Crippen LogP) is 0.0996. The van der Waals surface area contributed by atoms with E-state index in [1.165, 1.54) is 5.19 Å². The molecule has 0 amide bonds. The lowest BCUT2D eigenvalue weighted by Gasteiger charge is -1.84. The van der Waals surface area contributed by atoms with E-state index in [4.69, 9.17) is 0 Å². The van der Waals surface area contributed by atoms with Crippen LogP contribution in [0.15, 0.2) is 30.3 Å². The van der Waals surface area contributed by atoms with Gasteiger partial charge in [-0.2, -0.15) is 0 Å². The van der Waals surface area contributed by atoms with Crippen molar-refractivity contribution in [2.24, 2.45) is 0 Å². The topological polar surface area (TPSA) is 0 Å². The molecule has 0 aliphatic carbocycles. The van der Waals surface area contributed by atoms with E-state index < -0.39 is 0 Å². The third-order valence-corrected chi connectivity index (χ3v) is 2.41. The van der Waals surface area contributed by atoms with E-state index in [2.05, 4.69) is 21.5 Å². The summed E-state index contributed by atoms with van der Waals surface area (Å²) in [5.74, 6) is 0. The first-order chi connectivity index (χ1) is 3.93. The highest BCUT2D eigenvalue weighted by Crippen LogP contribution is 1.77. The van der Waals surface area contributed by atoms with Crippen molar-refractivity contribution in [2.75, 3.05) is 0 Å². The molecule has 37 valence electrons. The fourth-order valence-corrected chi connectivity index (χ4v) is 1.38. The van der Waals surface area contributed by atoms with Crippen LogP contribution in [-0.4, -0.2) is 17.9 Å². The van der Waals surface area contributed by atoms with Crippen LogP contribution in [0.5, 0.6) is 0 Å². The summed E-state index contributed by atoms with van der Waals surface area (Å²) >= 11 is 0. The zero-order valence-corrected chi connectivity index (χ0v) is 6.39. The van der Waals surface area contributed by atoms with Crippen LogP contribution < -0.4 is 5.19 Å². The summed E-state index contributed by atoms with van der Waals surface area (Å²) in [6.45, 7) is 0. The second-order valence-electron chi connectivity index (χ2n) is 1.49. The highest BCUT2D eigenvalue weighted by molar-refractivity contribution is 6.72. The molecular weight excluding hydrogens is 128 g/mol. The summed E-state index contributed by atoms with van der Waals surface area (Å²) < 4.78 is 0. The molecule has 0 nitrogen and oxygen atoms in total. The highest BCUT2D eigenvalue weighted by atomic mass is 28.8. The van der Waals surface area contributed by atoms with Crippen LogP contribution in [0.25, 0.3) is 0 Å². The third-order valence-electron chi connectivity index (χ3n) is 0.918. The summed E-state index contributed by atoms with van der Waals surface area (Å²) in [6.07, 6.45) is 0. The quantitative estimate of drug-likeness (QED) is 0.477. The van der Waals surface area contributed by atoms with Crippen LogP contribution in [0.1, 0.15) is 0 Å². The molecule has 0 fully saturated rings. The molecule has 0 aliphatic rings. The number of benzene rings is 1. The van der Waals surface area contributed by atoms with Crippen molar-refractivity contribution in [3.63, 3.8) is 0 Å². The molecule has 0 aliphatic heterocycles. The molecule has 0 heterocycles. The Morgan fingerprint density at radius 1 is 1.12 bits per heavy atom. The molecule has 1 aromatic rings. The normalized spacial score (nSPS) is 8.50. The van der Waals surface area contributed by atoms with Gasteiger partial charge in [-0.25, -0.2) is 0 Å². The van der Waals surface area contributed by atoms with Gasteiger partial charge in [0.15, 0.2) is 0 Å². The maximum atomic E-state index is 3.43. The largest absolute Gasteiger partial charge is 0.0623 e. The summed E-state index contributed by atoms with van der Waals surface area (Å²) in [4.78, 5) is 0. The highest BCUT2D eigenvalue weighted by Gasteiger charge is 1.76. The molecule has 0 spiro atoms. The van der Waals surface area contributed by atoms with Crippen LogP contribution in [-0.2, 0) is 0 Å². The van der Waals surface area contributed by atoms with Gasteiger partial charge in [-0.05, 0) is 5.19 Å². The lowest BCUT2D eigenvalue weighted by Crippen LogP contribution is -2.03. The Bertz CT molecular complexity index is 169. The van der Waals surface area contributed by atoms with E-state index in [-0.39, 0.29) is 0 Å². The van der Waals surface area contributed by atoms with Crippen molar-refractivity contribution in [1.82, 2.24) is 0 Å². The number of hydrogen-bond acceptors (Lipinski definition) is 0. The lowest BCUT2D eigenvalue weighted by atomic mass is 10.4. The maximum Gasteiger partial charge on any atom is 0.0342 e. The molecule has 0 unspecified atom stereocenters. The second-order valence-corrected chi connectivity index (χ2v) is 3.07. The zero-order chi connectivity index (χ0) is 5.82. The number of hydrogen-bond donors (Lipinski definition) is 0. The van der Waals surface area contributed by atoms with Gasteiger partial charge in [0.05, 0.1) is 0 Å². The second kappa shape index (κ2) is 2.84. The van der Waals surface area contributed by atoms with Gasteiger partial charge in [0.2, 0.25) is 0 Å². The van der Waals surface area contributed by atoms with Gasteiger partial charge in [0.1, 0.15) is 0 Å². The minimum absolute atomic E-state index is 0.736. The Hall–Kier alpha value is -0.346. The number of rotatable bonds is 1. The molecule has 8 heavy (non-hydrogen) atoms. The molecule has 0 aromatic heterocycles. The SMILES string of the molecule is [Si]=[Si]c1ccccc1. The molecule has 1 rings (SSSR count). The van der Waals surface area contributed by atoms with Crippen LogP contribution in [0.4, 0.5) is 0 Å². The first kappa shape index (κ1) is 5.78. The fourth-order valence-electron chi connectivity index (χ4n) is 0.521. The van der Waals surface area contributed by atoms with Crippen LogP contribution in [0, 0.1) is 0 Å². The molecule has 2 heteroatoms. The molecule has 0 atom stereocenters. The molecule has 3 radical (unpaired) electrons. The van der Waals surface area contributed by atoms with E-state index in [0.29, 0.717) is 0 Å². The Balaban J connectivity index is 2.99. The molecule has 0 N–H and O–H groups in total. The molecule has 0 bridgehead atoms. The van der Waals surface area contributed by atoms with Gasteiger partial charge < -0.3 is 0 Å². The fraction of sp³-hybridized carbons (Fsp3) is 0. The smallest absolute Gasteiger partial charge is 0.0342 e. The van der Waals surface area contributed by atoms with Crippen molar-refractivity contribution < 1.29 is 0 Å². The first-order valence-corrected chi connectivity index (χ1v) is 4.91. The monoisotopic (exact) mass is 133 g/mol. The standard InChI is InChI=1S/C6H5Si2/c7-8-6-4-2-1-3-5-6/h1-5H. The third kappa shape index (κ3) is 1.31. The van der Waals surface area contributed by atoms with E-state index in [0.717, 1.165) is 8.61 Å². The predicted molar refractivity (Wildman–Crippen MR) is 37.6 cm³/mol. The van der Waals surface area contributed by atoms with Crippen LogP contribution >= 0.6 is 0 Å². The van der Waals surface area contributed by atoms with Crippen LogP contribution in [0.3, 0.4) is 0 Å². The minimum atomic E-state index is 0.736. The average Bonchev–Trinajstić information content (AvgIpc) is 1.90. The van der Waals surface area contributed by atoms with Gasteiger partial charge >= 0.3 is 0 Å².